The van der Waals surface area contributed by atoms with E-state index in [2.05, 4.69) is 24.5 Å². The Hall–Kier alpha value is -0.890. The molecular weight excluding hydrogens is 264 g/mol. The summed E-state index contributed by atoms with van der Waals surface area (Å²) in [4.78, 5) is 7.79. The molecule has 1 aromatic carbocycles. The van der Waals surface area contributed by atoms with Crippen LogP contribution in [-0.4, -0.2) is 9.97 Å². The Morgan fingerprint density at radius 3 is 2.69 bits per heavy atom. The first kappa shape index (κ1) is 11.6. The molecule has 1 N–H and O–H groups in total. The van der Waals surface area contributed by atoms with Crippen LogP contribution < -0.4 is 10.6 Å². The molecule has 0 aliphatic heterocycles. The first-order chi connectivity index (χ1) is 7.66. The van der Waals surface area contributed by atoms with Gasteiger partial charge in [0.2, 0.25) is 5.28 Å². The predicted octanol–water partition coefficient (Wildman–Crippen LogP) is 3.03. The molecule has 2 aromatic rings. The molecule has 0 radical (unpaired) electrons. The predicted molar refractivity (Wildman–Crippen MR) is 71.1 cm³/mol. The van der Waals surface area contributed by atoms with Gasteiger partial charge in [-0.25, -0.2) is 4.98 Å². The molecule has 1 unspecified atom stereocenters. The third-order valence-corrected chi connectivity index (χ3v) is 2.89. The summed E-state index contributed by atoms with van der Waals surface area (Å²) in [5.41, 5.74) is 0.907. The molecule has 0 aliphatic carbocycles. The Balaban J connectivity index is 2.34. The van der Waals surface area contributed by atoms with Crippen molar-refractivity contribution in [2.75, 3.05) is 5.32 Å². The third-order valence-electron chi connectivity index (χ3n) is 1.93. The number of anilines is 2. The van der Waals surface area contributed by atoms with Crippen LogP contribution in [-0.2, 0) is 0 Å². The molecule has 82 valence electrons. The van der Waals surface area contributed by atoms with E-state index in [1.54, 1.807) is 0 Å². The SMILES string of the molecule is Pc1ccccc1Nc1nc(Cl)ncc1Cl. The number of aromatic nitrogens is 2. The third kappa shape index (κ3) is 2.62. The van der Waals surface area contributed by atoms with Gasteiger partial charge in [-0.05, 0) is 23.0 Å². The van der Waals surface area contributed by atoms with E-state index in [1.165, 1.54) is 6.20 Å². The van der Waals surface area contributed by atoms with Gasteiger partial charge in [0, 0.05) is 5.69 Å². The van der Waals surface area contributed by atoms with Crippen molar-refractivity contribution in [1.29, 1.82) is 0 Å². The molecule has 16 heavy (non-hydrogen) atoms. The van der Waals surface area contributed by atoms with E-state index < -0.39 is 0 Å². The lowest BCUT2D eigenvalue weighted by atomic mass is 10.3. The summed E-state index contributed by atoms with van der Waals surface area (Å²) in [5, 5.41) is 4.70. The molecule has 0 amide bonds. The highest BCUT2D eigenvalue weighted by atomic mass is 35.5. The number of hydrogen-bond acceptors (Lipinski definition) is 3. The minimum absolute atomic E-state index is 0.160. The average Bonchev–Trinajstić information content (AvgIpc) is 2.27. The van der Waals surface area contributed by atoms with Gasteiger partial charge in [-0.1, -0.05) is 29.8 Å². The zero-order valence-corrected chi connectivity index (χ0v) is 10.8. The normalized spacial score (nSPS) is 10.2. The number of rotatable bonds is 2. The van der Waals surface area contributed by atoms with E-state index in [0.717, 1.165) is 11.0 Å². The van der Waals surface area contributed by atoms with E-state index in [0.29, 0.717) is 10.8 Å². The lowest BCUT2D eigenvalue weighted by molar-refractivity contribution is 1.17. The van der Waals surface area contributed by atoms with E-state index in [1.807, 2.05) is 24.3 Å². The van der Waals surface area contributed by atoms with Crippen molar-refractivity contribution in [2.24, 2.45) is 0 Å². The van der Waals surface area contributed by atoms with Crippen LogP contribution in [0, 0.1) is 0 Å². The molecule has 6 heteroatoms. The maximum absolute atomic E-state index is 5.95. The molecule has 1 aromatic heterocycles. The lowest BCUT2D eigenvalue weighted by Gasteiger charge is -2.09. The van der Waals surface area contributed by atoms with Crippen LogP contribution in [0.1, 0.15) is 0 Å². The maximum Gasteiger partial charge on any atom is 0.224 e. The second kappa shape index (κ2) is 4.96. The average molecular weight is 272 g/mol. The van der Waals surface area contributed by atoms with Gasteiger partial charge in [0.15, 0.2) is 5.82 Å². The number of para-hydroxylation sites is 1. The van der Waals surface area contributed by atoms with Gasteiger partial charge in [-0.15, -0.1) is 9.24 Å². The Bertz CT molecular complexity index is 519. The Labute approximate surface area is 105 Å². The van der Waals surface area contributed by atoms with Gasteiger partial charge >= 0.3 is 0 Å². The van der Waals surface area contributed by atoms with Gasteiger partial charge in [0.25, 0.3) is 0 Å². The van der Waals surface area contributed by atoms with Crippen LogP contribution in [0.15, 0.2) is 30.5 Å². The van der Waals surface area contributed by atoms with Gasteiger partial charge < -0.3 is 5.32 Å². The minimum atomic E-state index is 0.160. The van der Waals surface area contributed by atoms with Crippen LogP contribution in [0.5, 0.6) is 0 Å². The van der Waals surface area contributed by atoms with Crippen LogP contribution in [0.3, 0.4) is 0 Å². The summed E-state index contributed by atoms with van der Waals surface area (Å²) < 4.78 is 0. The van der Waals surface area contributed by atoms with Gasteiger partial charge in [-0.2, -0.15) is 4.98 Å². The smallest absolute Gasteiger partial charge is 0.224 e. The zero-order valence-electron chi connectivity index (χ0n) is 8.11. The number of nitrogens with zero attached hydrogens (tertiary/aromatic N) is 2. The second-order valence-electron chi connectivity index (χ2n) is 3.05. The van der Waals surface area contributed by atoms with Crippen molar-refractivity contribution in [2.45, 2.75) is 0 Å². The standard InChI is InChI=1S/C10H8Cl2N3P/c11-6-5-13-10(12)15-9(6)14-7-3-1-2-4-8(7)16/h1-5H,16H2,(H,13,14,15). The van der Waals surface area contributed by atoms with E-state index in [9.17, 15) is 0 Å². The Kier molecular flexibility index (Phi) is 3.59. The maximum atomic E-state index is 5.95. The highest BCUT2D eigenvalue weighted by molar-refractivity contribution is 7.28. The van der Waals surface area contributed by atoms with Crippen LogP contribution in [0.4, 0.5) is 11.5 Å². The molecule has 0 spiro atoms. The summed E-state index contributed by atoms with van der Waals surface area (Å²) >= 11 is 11.6. The van der Waals surface area contributed by atoms with E-state index >= 15 is 0 Å². The van der Waals surface area contributed by atoms with Crippen LogP contribution in [0.25, 0.3) is 0 Å². The molecule has 2 rings (SSSR count). The number of hydrogen-bond donors (Lipinski definition) is 1. The number of nitrogens with one attached hydrogen (secondary N) is 1. The highest BCUT2D eigenvalue weighted by Crippen LogP contribution is 2.23. The van der Waals surface area contributed by atoms with E-state index in [-0.39, 0.29) is 5.28 Å². The largest absolute Gasteiger partial charge is 0.338 e. The Morgan fingerprint density at radius 1 is 1.19 bits per heavy atom. The van der Waals surface area contributed by atoms with Crippen molar-refractivity contribution in [3.8, 4) is 0 Å². The monoisotopic (exact) mass is 271 g/mol. The minimum Gasteiger partial charge on any atom is -0.338 e. The van der Waals surface area contributed by atoms with Crippen LogP contribution in [0.2, 0.25) is 10.3 Å². The first-order valence-corrected chi connectivity index (χ1v) is 5.79. The molecule has 1 heterocycles. The molecule has 0 saturated heterocycles. The summed E-state index contributed by atoms with van der Waals surface area (Å²) in [7, 11) is 2.63. The lowest BCUT2D eigenvalue weighted by Crippen LogP contribution is -2.03. The zero-order chi connectivity index (χ0) is 11.5. The molecule has 0 saturated carbocycles. The van der Waals surface area contributed by atoms with Gasteiger partial charge in [0.05, 0.1) is 6.20 Å². The highest BCUT2D eigenvalue weighted by Gasteiger charge is 2.05. The summed E-state index contributed by atoms with van der Waals surface area (Å²) in [5.74, 6) is 0.497. The number of benzene rings is 1. The summed E-state index contributed by atoms with van der Waals surface area (Å²) in [6, 6.07) is 7.76. The molecule has 0 fully saturated rings. The summed E-state index contributed by atoms with van der Waals surface area (Å²) in [6.45, 7) is 0. The van der Waals surface area contributed by atoms with Crippen molar-refractivity contribution in [1.82, 2.24) is 9.97 Å². The van der Waals surface area contributed by atoms with Gasteiger partial charge in [-0.3, -0.25) is 0 Å². The summed E-state index contributed by atoms with van der Waals surface area (Å²) in [6.07, 6.45) is 1.46. The van der Waals surface area contributed by atoms with E-state index in [4.69, 9.17) is 23.2 Å². The van der Waals surface area contributed by atoms with Crippen LogP contribution >= 0.6 is 32.4 Å². The Morgan fingerprint density at radius 2 is 1.94 bits per heavy atom. The molecule has 0 bridgehead atoms. The second-order valence-corrected chi connectivity index (χ2v) is 4.42. The fourth-order valence-corrected chi connectivity index (χ4v) is 1.72. The van der Waals surface area contributed by atoms with Crippen molar-refractivity contribution in [3.05, 3.63) is 40.8 Å². The first-order valence-electron chi connectivity index (χ1n) is 4.46. The fourth-order valence-electron chi connectivity index (χ4n) is 1.17. The molecular formula is C10H8Cl2N3P. The van der Waals surface area contributed by atoms with Crippen molar-refractivity contribution >= 4 is 49.3 Å². The molecule has 3 nitrogen and oxygen atoms in total. The number of halogens is 2. The van der Waals surface area contributed by atoms with Crippen molar-refractivity contribution in [3.63, 3.8) is 0 Å². The van der Waals surface area contributed by atoms with Gasteiger partial charge in [0.1, 0.15) is 5.02 Å². The van der Waals surface area contributed by atoms with Crippen molar-refractivity contribution < 1.29 is 0 Å². The fraction of sp³-hybridized carbons (Fsp3) is 0. The molecule has 1 atom stereocenters. The topological polar surface area (TPSA) is 37.8 Å². The quantitative estimate of drug-likeness (QED) is 0.674. The molecule has 0 aliphatic rings.